The molecule has 0 spiro atoms. The maximum Gasteiger partial charge on any atom is 0.317 e. The number of hydrogen-bond acceptors (Lipinski definition) is 2. The van der Waals surface area contributed by atoms with Crippen molar-refractivity contribution in [2.24, 2.45) is 11.8 Å². The first-order valence-electron chi connectivity index (χ1n) is 8.85. The Hall–Kier alpha value is -1.55. The van der Waals surface area contributed by atoms with Gasteiger partial charge < -0.3 is 15.1 Å². The Morgan fingerprint density at radius 2 is 1.91 bits per heavy atom. The van der Waals surface area contributed by atoms with Gasteiger partial charge >= 0.3 is 6.03 Å². The Kier molecular flexibility index (Phi) is 5.21. The van der Waals surface area contributed by atoms with E-state index in [0.717, 1.165) is 31.5 Å². The summed E-state index contributed by atoms with van der Waals surface area (Å²) in [6.45, 7) is 3.44. The molecule has 0 aromatic heterocycles. The lowest BCUT2D eigenvalue weighted by atomic mass is 9.78. The second-order valence-electron chi connectivity index (χ2n) is 7.52. The average Bonchev–Trinajstić information content (AvgIpc) is 2.52. The van der Waals surface area contributed by atoms with E-state index in [4.69, 9.17) is 0 Å². The van der Waals surface area contributed by atoms with Gasteiger partial charge in [0.2, 0.25) is 0 Å². The fourth-order valence-corrected chi connectivity index (χ4v) is 4.09. The predicted molar refractivity (Wildman–Crippen MR) is 93.1 cm³/mol. The summed E-state index contributed by atoms with van der Waals surface area (Å²) in [4.78, 5) is 16.7. The first kappa shape index (κ1) is 16.3. The van der Waals surface area contributed by atoms with Gasteiger partial charge in [0.15, 0.2) is 0 Å². The standard InChI is InChI=1S/C19H29N3O/c1-21(2)12-16-6-3-5-15(9-16)11-20-19(23)22-13-17-7-4-8-18(10-17)14-22/h3,5-6,9,17-18H,4,7-8,10-14H2,1-2H3,(H,20,23)/t17-,18-/m0/s1. The van der Waals surface area contributed by atoms with Crippen molar-refractivity contribution in [2.75, 3.05) is 27.2 Å². The minimum absolute atomic E-state index is 0.111. The van der Waals surface area contributed by atoms with Gasteiger partial charge in [0.05, 0.1) is 0 Å². The Balaban J connectivity index is 1.52. The van der Waals surface area contributed by atoms with Crippen LogP contribution in [0.25, 0.3) is 0 Å². The van der Waals surface area contributed by atoms with Crippen LogP contribution in [0.2, 0.25) is 0 Å². The normalized spacial score (nSPS) is 23.9. The summed E-state index contributed by atoms with van der Waals surface area (Å²) in [5.74, 6) is 1.47. The molecule has 23 heavy (non-hydrogen) atoms. The Bertz CT molecular complexity index is 531. The Labute approximate surface area is 139 Å². The van der Waals surface area contributed by atoms with Gasteiger partial charge in [0.1, 0.15) is 0 Å². The second-order valence-corrected chi connectivity index (χ2v) is 7.52. The van der Waals surface area contributed by atoms with Gasteiger partial charge in [-0.2, -0.15) is 0 Å². The number of likely N-dealkylation sites (tertiary alicyclic amines) is 1. The minimum atomic E-state index is 0.111. The van der Waals surface area contributed by atoms with Crippen LogP contribution in [0.1, 0.15) is 36.8 Å². The van der Waals surface area contributed by atoms with E-state index in [1.54, 1.807) is 0 Å². The molecule has 0 radical (unpaired) electrons. The van der Waals surface area contributed by atoms with Crippen molar-refractivity contribution in [3.8, 4) is 0 Å². The van der Waals surface area contributed by atoms with Gasteiger partial charge in [-0.25, -0.2) is 4.79 Å². The van der Waals surface area contributed by atoms with Crippen LogP contribution in [0, 0.1) is 11.8 Å². The summed E-state index contributed by atoms with van der Waals surface area (Å²) in [5, 5.41) is 3.11. The molecule has 1 saturated heterocycles. The number of piperidine rings is 1. The highest BCUT2D eigenvalue weighted by molar-refractivity contribution is 5.74. The van der Waals surface area contributed by atoms with E-state index >= 15 is 0 Å². The van der Waals surface area contributed by atoms with Crippen LogP contribution in [-0.2, 0) is 13.1 Å². The summed E-state index contributed by atoms with van der Waals surface area (Å²) in [6, 6.07) is 8.60. The fourth-order valence-electron chi connectivity index (χ4n) is 4.09. The van der Waals surface area contributed by atoms with E-state index < -0.39 is 0 Å². The van der Waals surface area contributed by atoms with Crippen LogP contribution in [0.5, 0.6) is 0 Å². The molecule has 4 heteroatoms. The smallest absolute Gasteiger partial charge is 0.317 e. The van der Waals surface area contributed by atoms with Crippen molar-refractivity contribution in [1.82, 2.24) is 15.1 Å². The summed E-state index contributed by atoms with van der Waals surface area (Å²) >= 11 is 0. The van der Waals surface area contributed by atoms with Gasteiger partial charge in [-0.15, -0.1) is 0 Å². The van der Waals surface area contributed by atoms with Crippen LogP contribution in [0.15, 0.2) is 24.3 Å². The largest absolute Gasteiger partial charge is 0.334 e. The predicted octanol–water partition coefficient (Wildman–Crippen LogP) is 3.08. The quantitative estimate of drug-likeness (QED) is 0.927. The third kappa shape index (κ3) is 4.47. The molecule has 2 atom stereocenters. The first-order chi connectivity index (χ1) is 11.1. The molecular formula is C19H29N3O. The van der Waals surface area contributed by atoms with Crippen molar-refractivity contribution >= 4 is 6.03 Å². The Morgan fingerprint density at radius 3 is 2.61 bits per heavy atom. The fraction of sp³-hybridized carbons (Fsp3) is 0.632. The number of rotatable bonds is 4. The number of hydrogen-bond donors (Lipinski definition) is 1. The molecule has 0 unspecified atom stereocenters. The summed E-state index contributed by atoms with van der Waals surface area (Å²) in [7, 11) is 4.14. The third-order valence-electron chi connectivity index (χ3n) is 5.07. The number of carbonyl (C=O) groups excluding carboxylic acids is 1. The van der Waals surface area contributed by atoms with Crippen molar-refractivity contribution in [3.63, 3.8) is 0 Å². The van der Waals surface area contributed by atoms with Crippen LogP contribution >= 0.6 is 0 Å². The zero-order valence-corrected chi connectivity index (χ0v) is 14.4. The average molecular weight is 315 g/mol. The van der Waals surface area contributed by atoms with E-state index in [1.807, 2.05) is 4.90 Å². The number of benzene rings is 1. The molecule has 1 aliphatic heterocycles. The Morgan fingerprint density at radius 1 is 1.22 bits per heavy atom. The van der Waals surface area contributed by atoms with E-state index in [2.05, 4.69) is 48.6 Å². The molecule has 1 aromatic carbocycles. The lowest BCUT2D eigenvalue weighted by molar-refractivity contribution is 0.103. The monoisotopic (exact) mass is 315 g/mol. The van der Waals surface area contributed by atoms with E-state index in [1.165, 1.54) is 36.8 Å². The minimum Gasteiger partial charge on any atom is -0.334 e. The third-order valence-corrected chi connectivity index (χ3v) is 5.07. The molecule has 1 N–H and O–H groups in total. The number of urea groups is 1. The topological polar surface area (TPSA) is 35.6 Å². The molecule has 4 nitrogen and oxygen atoms in total. The van der Waals surface area contributed by atoms with E-state index in [-0.39, 0.29) is 6.03 Å². The van der Waals surface area contributed by atoms with Crippen LogP contribution in [0.4, 0.5) is 4.79 Å². The highest BCUT2D eigenvalue weighted by Crippen LogP contribution is 2.34. The van der Waals surface area contributed by atoms with Crippen LogP contribution in [0.3, 0.4) is 0 Å². The highest BCUT2D eigenvalue weighted by atomic mass is 16.2. The highest BCUT2D eigenvalue weighted by Gasteiger charge is 2.32. The number of fused-ring (bicyclic) bond motifs is 2. The van der Waals surface area contributed by atoms with Crippen molar-refractivity contribution in [1.29, 1.82) is 0 Å². The maximum atomic E-state index is 12.5. The molecule has 2 amide bonds. The van der Waals surface area contributed by atoms with Gasteiger partial charge in [0.25, 0.3) is 0 Å². The van der Waals surface area contributed by atoms with E-state index in [9.17, 15) is 4.79 Å². The summed E-state index contributed by atoms with van der Waals surface area (Å²) in [6.07, 6.45) is 5.28. The zero-order chi connectivity index (χ0) is 16.2. The number of amides is 2. The zero-order valence-electron chi connectivity index (χ0n) is 14.4. The van der Waals surface area contributed by atoms with Gasteiger partial charge in [-0.3, -0.25) is 0 Å². The van der Waals surface area contributed by atoms with Crippen molar-refractivity contribution in [3.05, 3.63) is 35.4 Å². The van der Waals surface area contributed by atoms with Gasteiger partial charge in [-0.1, -0.05) is 30.7 Å². The lowest BCUT2D eigenvalue weighted by Crippen LogP contribution is -2.49. The molecule has 1 aromatic rings. The molecular weight excluding hydrogens is 286 g/mol. The summed E-state index contributed by atoms with van der Waals surface area (Å²) in [5.41, 5.74) is 2.46. The van der Waals surface area contributed by atoms with Gasteiger partial charge in [-0.05, 0) is 56.3 Å². The van der Waals surface area contributed by atoms with Crippen molar-refractivity contribution < 1.29 is 4.79 Å². The molecule has 2 bridgehead atoms. The number of nitrogens with zero attached hydrogens (tertiary/aromatic N) is 2. The molecule has 1 saturated carbocycles. The van der Waals surface area contributed by atoms with Crippen LogP contribution in [-0.4, -0.2) is 43.0 Å². The number of carbonyl (C=O) groups is 1. The molecule has 2 aliphatic rings. The SMILES string of the molecule is CN(C)Cc1cccc(CNC(=O)N2C[C@H]3CCC[C@@H](C3)C2)c1. The van der Waals surface area contributed by atoms with E-state index in [0.29, 0.717) is 6.54 Å². The molecule has 126 valence electrons. The lowest BCUT2D eigenvalue weighted by Gasteiger charge is -2.41. The second kappa shape index (κ2) is 7.35. The van der Waals surface area contributed by atoms with Crippen molar-refractivity contribution in [2.45, 2.75) is 38.8 Å². The number of nitrogens with one attached hydrogen (secondary N) is 1. The first-order valence-corrected chi connectivity index (χ1v) is 8.85. The molecule has 2 fully saturated rings. The molecule has 3 rings (SSSR count). The molecule has 1 aliphatic carbocycles. The van der Waals surface area contributed by atoms with Crippen LogP contribution < -0.4 is 5.32 Å². The molecule has 1 heterocycles. The summed E-state index contributed by atoms with van der Waals surface area (Å²) < 4.78 is 0. The maximum absolute atomic E-state index is 12.5. The van der Waals surface area contributed by atoms with Gasteiger partial charge in [0, 0.05) is 26.2 Å².